The standard InChI is InChI=1S/C16H14ClF2N5O2/c1-23-11(8-24(16(23)26)15-20-5-2-6-21-15)14(25)22-7-9-3-4-10(18)13(19)12(9)17/h2-6,11H,7-8H2,1H3,(H,22,25). The molecule has 1 aromatic heterocycles. The first-order valence-corrected chi connectivity index (χ1v) is 7.99. The predicted molar refractivity (Wildman–Crippen MR) is 89.5 cm³/mol. The average molecular weight is 382 g/mol. The number of anilines is 1. The van der Waals surface area contributed by atoms with Crippen LogP contribution in [0, 0.1) is 11.6 Å². The van der Waals surface area contributed by atoms with Crippen molar-refractivity contribution >= 4 is 29.5 Å². The monoisotopic (exact) mass is 381 g/mol. The van der Waals surface area contributed by atoms with E-state index in [9.17, 15) is 18.4 Å². The number of nitrogens with zero attached hydrogens (tertiary/aromatic N) is 4. The lowest BCUT2D eigenvalue weighted by Crippen LogP contribution is -2.43. The second-order valence-corrected chi connectivity index (χ2v) is 6.00. The Balaban J connectivity index is 1.69. The fourth-order valence-corrected chi connectivity index (χ4v) is 2.78. The molecule has 136 valence electrons. The first-order chi connectivity index (χ1) is 12.4. The Kier molecular flexibility index (Phi) is 4.99. The van der Waals surface area contributed by atoms with E-state index in [4.69, 9.17) is 11.6 Å². The Morgan fingerprint density at radius 3 is 2.73 bits per heavy atom. The molecule has 1 atom stereocenters. The summed E-state index contributed by atoms with van der Waals surface area (Å²) in [7, 11) is 1.49. The van der Waals surface area contributed by atoms with Crippen molar-refractivity contribution in [1.29, 1.82) is 0 Å². The van der Waals surface area contributed by atoms with Crippen molar-refractivity contribution in [3.63, 3.8) is 0 Å². The molecule has 1 N–H and O–H groups in total. The summed E-state index contributed by atoms with van der Waals surface area (Å²) >= 11 is 5.74. The maximum absolute atomic E-state index is 13.5. The Bertz CT molecular complexity index is 852. The third-order valence-corrected chi connectivity index (χ3v) is 4.43. The topological polar surface area (TPSA) is 78.4 Å². The number of carbonyl (C=O) groups is 2. The molecule has 26 heavy (non-hydrogen) atoms. The van der Waals surface area contributed by atoms with Crippen LogP contribution in [0.1, 0.15) is 5.56 Å². The number of amides is 3. The summed E-state index contributed by atoms with van der Waals surface area (Å²) in [5, 5.41) is 2.19. The zero-order valence-corrected chi connectivity index (χ0v) is 14.4. The summed E-state index contributed by atoms with van der Waals surface area (Å²) < 4.78 is 26.6. The third-order valence-electron chi connectivity index (χ3n) is 4.02. The summed E-state index contributed by atoms with van der Waals surface area (Å²) in [4.78, 5) is 35.3. The summed E-state index contributed by atoms with van der Waals surface area (Å²) in [5.41, 5.74) is 0.231. The van der Waals surface area contributed by atoms with Crippen LogP contribution in [-0.2, 0) is 11.3 Å². The molecule has 1 saturated heterocycles. The van der Waals surface area contributed by atoms with E-state index >= 15 is 0 Å². The molecule has 1 fully saturated rings. The van der Waals surface area contributed by atoms with Crippen molar-refractivity contribution in [3.05, 3.63) is 52.8 Å². The van der Waals surface area contributed by atoms with E-state index in [0.29, 0.717) is 0 Å². The Morgan fingerprint density at radius 1 is 1.35 bits per heavy atom. The maximum atomic E-state index is 13.5. The summed E-state index contributed by atoms with van der Waals surface area (Å²) in [6, 6.07) is 2.64. The first-order valence-electron chi connectivity index (χ1n) is 7.61. The zero-order chi connectivity index (χ0) is 18.8. The highest BCUT2D eigenvalue weighted by Crippen LogP contribution is 2.23. The van der Waals surface area contributed by atoms with E-state index in [2.05, 4.69) is 15.3 Å². The van der Waals surface area contributed by atoms with Crippen LogP contribution in [0.25, 0.3) is 0 Å². The number of nitrogens with one attached hydrogen (secondary N) is 1. The molecule has 0 aliphatic carbocycles. The number of rotatable bonds is 4. The van der Waals surface area contributed by atoms with Crippen molar-refractivity contribution in [1.82, 2.24) is 20.2 Å². The Morgan fingerprint density at radius 2 is 2.04 bits per heavy atom. The van der Waals surface area contributed by atoms with Crippen LogP contribution in [0.5, 0.6) is 0 Å². The molecule has 10 heteroatoms. The fraction of sp³-hybridized carbons (Fsp3) is 0.250. The van der Waals surface area contributed by atoms with Crippen molar-refractivity contribution < 1.29 is 18.4 Å². The lowest BCUT2D eigenvalue weighted by molar-refractivity contribution is -0.124. The smallest absolute Gasteiger partial charge is 0.327 e. The van der Waals surface area contributed by atoms with Gasteiger partial charge in [-0.25, -0.2) is 23.5 Å². The van der Waals surface area contributed by atoms with Crippen molar-refractivity contribution in [2.24, 2.45) is 0 Å². The number of urea groups is 1. The molecule has 1 unspecified atom stereocenters. The van der Waals surface area contributed by atoms with Gasteiger partial charge in [-0.05, 0) is 17.7 Å². The molecular weight excluding hydrogens is 368 g/mol. The van der Waals surface area contributed by atoms with E-state index < -0.39 is 29.6 Å². The first kappa shape index (κ1) is 18.0. The van der Waals surface area contributed by atoms with Gasteiger partial charge in [0, 0.05) is 26.0 Å². The van der Waals surface area contributed by atoms with Gasteiger partial charge < -0.3 is 10.2 Å². The highest BCUT2D eigenvalue weighted by molar-refractivity contribution is 6.31. The van der Waals surface area contributed by atoms with Crippen LogP contribution < -0.4 is 10.2 Å². The molecule has 2 aromatic rings. The van der Waals surface area contributed by atoms with Crippen LogP contribution in [0.3, 0.4) is 0 Å². The van der Waals surface area contributed by atoms with E-state index in [-0.39, 0.29) is 29.6 Å². The van der Waals surface area contributed by atoms with Gasteiger partial charge in [-0.3, -0.25) is 9.69 Å². The number of hydrogen-bond donors (Lipinski definition) is 1. The molecule has 1 aromatic carbocycles. The van der Waals surface area contributed by atoms with Gasteiger partial charge in [-0.15, -0.1) is 0 Å². The Hall–Kier alpha value is -2.81. The molecular formula is C16H14ClF2N5O2. The quantitative estimate of drug-likeness (QED) is 0.821. The number of halogens is 3. The normalized spacial score (nSPS) is 16.9. The van der Waals surface area contributed by atoms with Crippen LogP contribution in [0.4, 0.5) is 19.5 Å². The second-order valence-electron chi connectivity index (χ2n) is 5.62. The van der Waals surface area contributed by atoms with Crippen LogP contribution in [-0.4, -0.2) is 46.4 Å². The van der Waals surface area contributed by atoms with Gasteiger partial charge in [0.05, 0.1) is 11.6 Å². The molecule has 1 aliphatic rings. The minimum Gasteiger partial charge on any atom is -0.350 e. The van der Waals surface area contributed by atoms with E-state index in [1.807, 2.05) is 0 Å². The molecule has 0 saturated carbocycles. The highest BCUT2D eigenvalue weighted by Gasteiger charge is 2.40. The van der Waals surface area contributed by atoms with Gasteiger partial charge in [0.2, 0.25) is 11.9 Å². The van der Waals surface area contributed by atoms with E-state index in [1.165, 1.54) is 35.3 Å². The summed E-state index contributed by atoms with van der Waals surface area (Å²) in [6.07, 6.45) is 2.99. The third kappa shape index (κ3) is 3.30. The minimum absolute atomic E-state index is 0.0662. The zero-order valence-electron chi connectivity index (χ0n) is 13.6. The number of likely N-dealkylation sites (N-methyl/N-ethyl adjacent to an activating group) is 1. The molecule has 1 aliphatic heterocycles. The number of benzene rings is 1. The molecule has 0 radical (unpaired) electrons. The van der Waals surface area contributed by atoms with E-state index in [0.717, 1.165) is 6.07 Å². The molecule has 7 nitrogen and oxygen atoms in total. The molecule has 3 rings (SSSR count). The van der Waals surface area contributed by atoms with Crippen molar-refractivity contribution in [2.45, 2.75) is 12.6 Å². The molecule has 0 bridgehead atoms. The van der Waals surface area contributed by atoms with Gasteiger partial charge in [0.25, 0.3) is 0 Å². The predicted octanol–water partition coefficient (Wildman–Crippen LogP) is 1.96. The fourth-order valence-electron chi connectivity index (χ4n) is 2.56. The number of hydrogen-bond acceptors (Lipinski definition) is 4. The lowest BCUT2D eigenvalue weighted by atomic mass is 10.2. The molecule has 3 amide bonds. The molecule has 2 heterocycles. The maximum Gasteiger partial charge on any atom is 0.327 e. The Labute approximate surface area is 152 Å². The average Bonchev–Trinajstić information content (AvgIpc) is 2.95. The minimum atomic E-state index is -1.17. The summed E-state index contributed by atoms with van der Waals surface area (Å²) in [6.45, 7) is -0.0358. The number of aromatic nitrogens is 2. The highest BCUT2D eigenvalue weighted by atomic mass is 35.5. The van der Waals surface area contributed by atoms with Crippen LogP contribution in [0.2, 0.25) is 5.02 Å². The van der Waals surface area contributed by atoms with Crippen molar-refractivity contribution in [3.8, 4) is 0 Å². The van der Waals surface area contributed by atoms with Gasteiger partial charge in [-0.1, -0.05) is 17.7 Å². The lowest BCUT2D eigenvalue weighted by Gasteiger charge is -2.17. The summed E-state index contributed by atoms with van der Waals surface area (Å²) in [5.74, 6) is -2.49. The molecule has 0 spiro atoms. The van der Waals surface area contributed by atoms with Crippen LogP contribution in [0.15, 0.2) is 30.6 Å². The van der Waals surface area contributed by atoms with Gasteiger partial charge >= 0.3 is 6.03 Å². The van der Waals surface area contributed by atoms with Crippen LogP contribution >= 0.6 is 11.6 Å². The largest absolute Gasteiger partial charge is 0.350 e. The SMILES string of the molecule is CN1C(=O)N(c2ncccn2)CC1C(=O)NCc1ccc(F)c(F)c1Cl. The number of carbonyl (C=O) groups excluding carboxylic acids is 2. The van der Waals surface area contributed by atoms with Crippen molar-refractivity contribution in [2.75, 3.05) is 18.5 Å². The van der Waals surface area contributed by atoms with Gasteiger partial charge in [0.1, 0.15) is 6.04 Å². The van der Waals surface area contributed by atoms with E-state index in [1.54, 1.807) is 6.07 Å². The van der Waals surface area contributed by atoms with Gasteiger partial charge in [0.15, 0.2) is 11.6 Å². The van der Waals surface area contributed by atoms with Gasteiger partial charge in [-0.2, -0.15) is 0 Å². The second kappa shape index (κ2) is 7.20.